The predicted octanol–water partition coefficient (Wildman–Crippen LogP) is 2.61. The van der Waals surface area contributed by atoms with Gasteiger partial charge in [-0.1, -0.05) is 19.1 Å². The SMILES string of the molecule is CCc1ccc(C(=O)Nc2sccc2C(=O)NCc2cn[nH]n2)cc1. The summed E-state index contributed by atoms with van der Waals surface area (Å²) in [6, 6.07) is 9.10. The highest BCUT2D eigenvalue weighted by molar-refractivity contribution is 7.14. The molecule has 0 unspecified atom stereocenters. The number of benzene rings is 1. The highest BCUT2D eigenvalue weighted by Gasteiger charge is 2.16. The Hall–Kier alpha value is -3.00. The smallest absolute Gasteiger partial charge is 0.256 e. The van der Waals surface area contributed by atoms with Crippen LogP contribution in [0.3, 0.4) is 0 Å². The highest BCUT2D eigenvalue weighted by Crippen LogP contribution is 2.24. The molecule has 0 aliphatic rings. The van der Waals surface area contributed by atoms with Crippen molar-refractivity contribution < 1.29 is 9.59 Å². The maximum absolute atomic E-state index is 12.4. The zero-order chi connectivity index (χ0) is 17.6. The molecule has 25 heavy (non-hydrogen) atoms. The van der Waals surface area contributed by atoms with Crippen LogP contribution in [0.15, 0.2) is 41.9 Å². The quantitative estimate of drug-likeness (QED) is 0.633. The third kappa shape index (κ3) is 4.10. The van der Waals surface area contributed by atoms with E-state index in [-0.39, 0.29) is 18.4 Å². The molecule has 0 saturated carbocycles. The Balaban J connectivity index is 1.66. The van der Waals surface area contributed by atoms with Crippen LogP contribution in [0.25, 0.3) is 0 Å². The van der Waals surface area contributed by atoms with Gasteiger partial charge >= 0.3 is 0 Å². The van der Waals surface area contributed by atoms with Crippen LogP contribution in [0, 0.1) is 0 Å². The summed E-state index contributed by atoms with van der Waals surface area (Å²) < 4.78 is 0. The fourth-order valence-electron chi connectivity index (χ4n) is 2.23. The first-order valence-corrected chi connectivity index (χ1v) is 8.66. The largest absolute Gasteiger partial charge is 0.346 e. The van der Waals surface area contributed by atoms with Crippen LogP contribution in [0.5, 0.6) is 0 Å². The molecule has 8 heteroatoms. The Bertz CT molecular complexity index is 856. The number of amides is 2. The number of aromatic nitrogens is 3. The zero-order valence-corrected chi connectivity index (χ0v) is 14.4. The third-order valence-electron chi connectivity index (χ3n) is 3.66. The summed E-state index contributed by atoms with van der Waals surface area (Å²) in [5.74, 6) is -0.517. The number of aromatic amines is 1. The number of nitrogens with zero attached hydrogens (tertiary/aromatic N) is 2. The first-order valence-electron chi connectivity index (χ1n) is 7.78. The summed E-state index contributed by atoms with van der Waals surface area (Å²) in [5.41, 5.74) is 2.78. The van der Waals surface area contributed by atoms with E-state index in [1.54, 1.807) is 23.6 Å². The normalized spacial score (nSPS) is 10.4. The van der Waals surface area contributed by atoms with Crippen molar-refractivity contribution in [1.29, 1.82) is 0 Å². The molecule has 3 aromatic rings. The number of hydrogen-bond acceptors (Lipinski definition) is 5. The molecule has 2 amide bonds. The maximum atomic E-state index is 12.4. The highest BCUT2D eigenvalue weighted by atomic mass is 32.1. The van der Waals surface area contributed by atoms with Crippen molar-refractivity contribution in [2.24, 2.45) is 0 Å². The van der Waals surface area contributed by atoms with Crippen LogP contribution < -0.4 is 10.6 Å². The number of hydrogen-bond donors (Lipinski definition) is 3. The lowest BCUT2D eigenvalue weighted by molar-refractivity contribution is 0.0951. The van der Waals surface area contributed by atoms with E-state index in [0.717, 1.165) is 6.42 Å². The second kappa shape index (κ2) is 7.71. The summed E-state index contributed by atoms with van der Waals surface area (Å²) in [4.78, 5) is 24.7. The van der Waals surface area contributed by atoms with Gasteiger partial charge in [0.1, 0.15) is 10.7 Å². The van der Waals surface area contributed by atoms with Gasteiger partial charge in [0.05, 0.1) is 18.3 Å². The number of anilines is 1. The van der Waals surface area contributed by atoms with Crippen molar-refractivity contribution in [3.05, 3.63) is 64.3 Å². The van der Waals surface area contributed by atoms with Gasteiger partial charge in [-0.2, -0.15) is 15.4 Å². The molecule has 0 fully saturated rings. The summed E-state index contributed by atoms with van der Waals surface area (Å²) in [6.45, 7) is 2.32. The number of aryl methyl sites for hydroxylation is 1. The second-order valence-electron chi connectivity index (χ2n) is 5.31. The van der Waals surface area contributed by atoms with Crippen molar-refractivity contribution in [2.75, 3.05) is 5.32 Å². The van der Waals surface area contributed by atoms with Gasteiger partial charge in [0.25, 0.3) is 11.8 Å². The number of nitrogens with one attached hydrogen (secondary N) is 3. The molecule has 0 spiro atoms. The van der Waals surface area contributed by atoms with E-state index in [2.05, 4.69) is 33.0 Å². The molecule has 0 bridgehead atoms. The van der Waals surface area contributed by atoms with Gasteiger partial charge in [0.15, 0.2) is 0 Å². The number of rotatable bonds is 6. The van der Waals surface area contributed by atoms with Gasteiger partial charge in [-0.15, -0.1) is 11.3 Å². The van der Waals surface area contributed by atoms with Crippen molar-refractivity contribution in [1.82, 2.24) is 20.7 Å². The molecule has 0 aliphatic carbocycles. The number of thiophene rings is 1. The maximum Gasteiger partial charge on any atom is 0.256 e. The summed E-state index contributed by atoms with van der Waals surface area (Å²) >= 11 is 1.30. The molecule has 2 heterocycles. The molecule has 0 aliphatic heterocycles. The van der Waals surface area contributed by atoms with Gasteiger partial charge < -0.3 is 10.6 Å². The molecule has 1 aromatic carbocycles. The van der Waals surface area contributed by atoms with E-state index >= 15 is 0 Å². The average molecular weight is 355 g/mol. The van der Waals surface area contributed by atoms with Crippen LogP contribution in [-0.4, -0.2) is 27.2 Å². The van der Waals surface area contributed by atoms with Gasteiger partial charge in [-0.25, -0.2) is 0 Å². The second-order valence-corrected chi connectivity index (χ2v) is 6.23. The molecule has 7 nitrogen and oxygen atoms in total. The van der Waals surface area contributed by atoms with Crippen molar-refractivity contribution in [2.45, 2.75) is 19.9 Å². The minimum Gasteiger partial charge on any atom is -0.346 e. The van der Waals surface area contributed by atoms with Crippen LogP contribution >= 0.6 is 11.3 Å². The summed E-state index contributed by atoms with van der Waals surface area (Å²) in [6.07, 6.45) is 2.46. The molecular weight excluding hydrogens is 338 g/mol. The fraction of sp³-hybridized carbons (Fsp3) is 0.176. The van der Waals surface area contributed by atoms with Crippen LogP contribution in [0.2, 0.25) is 0 Å². The van der Waals surface area contributed by atoms with Gasteiger partial charge in [0, 0.05) is 5.56 Å². The molecular formula is C17H17N5O2S. The van der Waals surface area contributed by atoms with E-state index in [1.807, 2.05) is 12.1 Å². The van der Waals surface area contributed by atoms with Crippen LogP contribution in [-0.2, 0) is 13.0 Å². The lowest BCUT2D eigenvalue weighted by atomic mass is 10.1. The topological polar surface area (TPSA) is 99.8 Å². The minimum absolute atomic E-state index is 0.240. The molecule has 2 aromatic heterocycles. The Labute approximate surface area is 148 Å². The third-order valence-corrected chi connectivity index (χ3v) is 4.49. The number of carbonyl (C=O) groups is 2. The lowest BCUT2D eigenvalue weighted by Gasteiger charge is -2.07. The van der Waals surface area contributed by atoms with Crippen molar-refractivity contribution in [3.63, 3.8) is 0 Å². The molecule has 0 atom stereocenters. The molecule has 3 rings (SSSR count). The first-order chi connectivity index (χ1) is 12.2. The molecule has 128 valence electrons. The predicted molar refractivity (Wildman–Crippen MR) is 95.6 cm³/mol. The van der Waals surface area contributed by atoms with E-state index < -0.39 is 0 Å². The summed E-state index contributed by atoms with van der Waals surface area (Å²) in [5, 5.41) is 17.9. The van der Waals surface area contributed by atoms with Gasteiger partial charge in [-0.05, 0) is 35.6 Å². The number of H-pyrrole nitrogens is 1. The van der Waals surface area contributed by atoms with E-state index in [0.29, 0.717) is 21.8 Å². The fourth-order valence-corrected chi connectivity index (χ4v) is 3.01. The van der Waals surface area contributed by atoms with Crippen molar-refractivity contribution >= 4 is 28.2 Å². The van der Waals surface area contributed by atoms with Crippen molar-refractivity contribution in [3.8, 4) is 0 Å². The van der Waals surface area contributed by atoms with Crippen LogP contribution in [0.1, 0.15) is 38.9 Å². The minimum atomic E-state index is -0.277. The Kier molecular flexibility index (Phi) is 5.20. The van der Waals surface area contributed by atoms with E-state index in [4.69, 9.17) is 0 Å². The van der Waals surface area contributed by atoms with Gasteiger partial charge in [0.2, 0.25) is 0 Å². The average Bonchev–Trinajstić information content (AvgIpc) is 3.31. The zero-order valence-electron chi connectivity index (χ0n) is 13.6. The Morgan fingerprint density at radius 3 is 2.64 bits per heavy atom. The number of carbonyl (C=O) groups excluding carboxylic acids is 2. The van der Waals surface area contributed by atoms with Crippen LogP contribution in [0.4, 0.5) is 5.00 Å². The first kappa shape index (κ1) is 16.8. The monoisotopic (exact) mass is 355 g/mol. The van der Waals surface area contributed by atoms with E-state index in [9.17, 15) is 9.59 Å². The van der Waals surface area contributed by atoms with E-state index in [1.165, 1.54) is 23.1 Å². The molecule has 0 saturated heterocycles. The Morgan fingerprint density at radius 2 is 1.96 bits per heavy atom. The standard InChI is InChI=1S/C17H17N5O2S/c1-2-11-3-5-12(6-4-11)15(23)20-17-14(7-8-25-17)16(24)18-9-13-10-19-22-21-13/h3-8,10H,2,9H2,1H3,(H,18,24)(H,20,23)(H,19,21,22). The lowest BCUT2D eigenvalue weighted by Crippen LogP contribution is -2.24. The summed E-state index contributed by atoms with van der Waals surface area (Å²) in [7, 11) is 0. The Morgan fingerprint density at radius 1 is 1.16 bits per heavy atom. The van der Waals surface area contributed by atoms with Gasteiger partial charge in [-0.3, -0.25) is 9.59 Å². The molecule has 3 N–H and O–H groups in total. The molecule has 0 radical (unpaired) electrons.